The molecule has 1 spiro atoms. The molecular formula is C8H10N2O2S. The van der Waals surface area contributed by atoms with Gasteiger partial charge in [0.2, 0.25) is 11.8 Å². The monoisotopic (exact) mass is 198 g/mol. The SMILES string of the molecule is O=C1NC(=S)NC(=O)C12CCCC2. The minimum absolute atomic E-state index is 0.132. The minimum atomic E-state index is -0.817. The predicted molar refractivity (Wildman–Crippen MR) is 49.8 cm³/mol. The van der Waals surface area contributed by atoms with Crippen LogP contribution in [0.3, 0.4) is 0 Å². The zero-order valence-electron chi connectivity index (χ0n) is 7.05. The molecule has 2 rings (SSSR count). The van der Waals surface area contributed by atoms with E-state index in [9.17, 15) is 9.59 Å². The van der Waals surface area contributed by atoms with Crippen molar-refractivity contribution in [1.29, 1.82) is 0 Å². The summed E-state index contributed by atoms with van der Waals surface area (Å²) < 4.78 is 0. The molecule has 5 heteroatoms. The molecule has 0 atom stereocenters. The van der Waals surface area contributed by atoms with Gasteiger partial charge in [0.15, 0.2) is 5.11 Å². The van der Waals surface area contributed by atoms with Gasteiger partial charge in [-0.1, -0.05) is 12.8 Å². The lowest BCUT2D eigenvalue weighted by atomic mass is 9.83. The van der Waals surface area contributed by atoms with Crippen molar-refractivity contribution in [3.63, 3.8) is 0 Å². The second kappa shape index (κ2) is 2.77. The molecule has 70 valence electrons. The van der Waals surface area contributed by atoms with Gasteiger partial charge in [-0.3, -0.25) is 9.59 Å². The van der Waals surface area contributed by atoms with Crippen molar-refractivity contribution >= 4 is 29.1 Å². The number of nitrogens with one attached hydrogen (secondary N) is 2. The molecule has 1 aliphatic carbocycles. The highest BCUT2D eigenvalue weighted by molar-refractivity contribution is 7.80. The summed E-state index contributed by atoms with van der Waals surface area (Å²) in [5.74, 6) is -0.447. The maximum Gasteiger partial charge on any atom is 0.241 e. The standard InChI is InChI=1S/C8H10N2O2S/c11-5-8(3-1-2-4-8)6(12)10-7(13)9-5/h1-4H2,(H2,9,10,11,12,13). The van der Waals surface area contributed by atoms with E-state index in [4.69, 9.17) is 12.2 Å². The van der Waals surface area contributed by atoms with Gasteiger partial charge in [-0.25, -0.2) is 0 Å². The number of thiocarbonyl (C=S) groups is 1. The Bertz CT molecular complexity index is 273. The van der Waals surface area contributed by atoms with Crippen molar-refractivity contribution < 1.29 is 9.59 Å². The third kappa shape index (κ3) is 1.14. The molecule has 1 aliphatic heterocycles. The summed E-state index contributed by atoms with van der Waals surface area (Å²) in [6.07, 6.45) is 3.17. The molecule has 0 radical (unpaired) electrons. The Morgan fingerprint density at radius 2 is 1.54 bits per heavy atom. The third-order valence-electron chi connectivity index (χ3n) is 2.78. The van der Waals surface area contributed by atoms with Crippen LogP contribution >= 0.6 is 12.2 Å². The quantitative estimate of drug-likeness (QED) is 0.428. The fourth-order valence-corrected chi connectivity index (χ4v) is 2.20. The maximum absolute atomic E-state index is 11.6. The average Bonchev–Trinajstić information content (AvgIpc) is 2.50. The largest absolute Gasteiger partial charge is 0.302 e. The maximum atomic E-state index is 11.6. The molecule has 0 aromatic carbocycles. The molecule has 1 saturated heterocycles. The van der Waals surface area contributed by atoms with E-state index in [1.54, 1.807) is 0 Å². The normalized spacial score (nSPS) is 26.0. The predicted octanol–water partition coefficient (Wildman–Crippen LogP) is 0.0777. The van der Waals surface area contributed by atoms with E-state index in [-0.39, 0.29) is 16.9 Å². The lowest BCUT2D eigenvalue weighted by Crippen LogP contribution is -2.61. The van der Waals surface area contributed by atoms with Crippen LogP contribution < -0.4 is 10.6 Å². The molecule has 1 saturated carbocycles. The molecule has 2 fully saturated rings. The average molecular weight is 198 g/mol. The number of hydrogen-bond donors (Lipinski definition) is 2. The number of carbonyl (C=O) groups is 2. The van der Waals surface area contributed by atoms with E-state index < -0.39 is 5.41 Å². The molecule has 0 aromatic rings. The van der Waals surface area contributed by atoms with Gasteiger partial charge in [-0.2, -0.15) is 0 Å². The van der Waals surface area contributed by atoms with Gasteiger partial charge >= 0.3 is 0 Å². The van der Waals surface area contributed by atoms with Crippen molar-refractivity contribution in [2.24, 2.45) is 5.41 Å². The number of amides is 2. The van der Waals surface area contributed by atoms with Gasteiger partial charge in [0.25, 0.3) is 0 Å². The van der Waals surface area contributed by atoms with Crippen molar-refractivity contribution in [3.8, 4) is 0 Å². The summed E-state index contributed by atoms with van der Waals surface area (Å²) in [5, 5.41) is 5.14. The fourth-order valence-electron chi connectivity index (χ4n) is 2.01. The minimum Gasteiger partial charge on any atom is -0.302 e. The van der Waals surface area contributed by atoms with E-state index in [0.29, 0.717) is 12.8 Å². The molecule has 0 aromatic heterocycles. The van der Waals surface area contributed by atoms with Crippen LogP contribution in [0.1, 0.15) is 25.7 Å². The third-order valence-corrected chi connectivity index (χ3v) is 2.98. The first-order valence-corrected chi connectivity index (χ1v) is 4.73. The molecule has 2 amide bonds. The molecule has 13 heavy (non-hydrogen) atoms. The van der Waals surface area contributed by atoms with E-state index in [1.807, 2.05) is 0 Å². The second-order valence-electron chi connectivity index (χ2n) is 3.53. The molecular weight excluding hydrogens is 188 g/mol. The summed E-state index contributed by atoms with van der Waals surface area (Å²) in [7, 11) is 0. The zero-order chi connectivity index (χ0) is 9.47. The molecule has 0 unspecified atom stereocenters. The zero-order valence-corrected chi connectivity index (χ0v) is 7.87. The van der Waals surface area contributed by atoms with Crippen LogP contribution in [0.15, 0.2) is 0 Å². The number of rotatable bonds is 0. The van der Waals surface area contributed by atoms with Crippen molar-refractivity contribution in [2.75, 3.05) is 0 Å². The van der Waals surface area contributed by atoms with Gasteiger partial charge in [-0.05, 0) is 25.1 Å². The summed E-state index contributed by atoms with van der Waals surface area (Å²) in [5.41, 5.74) is -0.817. The van der Waals surface area contributed by atoms with E-state index >= 15 is 0 Å². The highest BCUT2D eigenvalue weighted by Crippen LogP contribution is 2.39. The van der Waals surface area contributed by atoms with Crippen molar-refractivity contribution in [3.05, 3.63) is 0 Å². The van der Waals surface area contributed by atoms with Gasteiger partial charge < -0.3 is 10.6 Å². The fraction of sp³-hybridized carbons (Fsp3) is 0.625. The first kappa shape index (κ1) is 8.62. The van der Waals surface area contributed by atoms with E-state index in [0.717, 1.165) is 12.8 Å². The first-order chi connectivity index (χ1) is 6.15. The second-order valence-corrected chi connectivity index (χ2v) is 3.93. The molecule has 4 nitrogen and oxygen atoms in total. The summed E-state index contributed by atoms with van der Waals surface area (Å²) in [6, 6.07) is 0. The summed E-state index contributed by atoms with van der Waals surface area (Å²) >= 11 is 4.71. The summed E-state index contributed by atoms with van der Waals surface area (Å²) in [4.78, 5) is 23.2. The smallest absolute Gasteiger partial charge is 0.241 e. The first-order valence-electron chi connectivity index (χ1n) is 4.32. The Hall–Kier alpha value is -0.970. The van der Waals surface area contributed by atoms with Crippen LogP contribution in [0, 0.1) is 5.41 Å². The molecule has 2 N–H and O–H groups in total. The van der Waals surface area contributed by atoms with Crippen LogP contribution in [0.25, 0.3) is 0 Å². The van der Waals surface area contributed by atoms with Gasteiger partial charge in [0, 0.05) is 0 Å². The Morgan fingerprint density at radius 3 is 2.00 bits per heavy atom. The molecule has 2 aliphatic rings. The summed E-state index contributed by atoms with van der Waals surface area (Å²) in [6.45, 7) is 0. The van der Waals surface area contributed by atoms with Crippen LogP contribution in [0.2, 0.25) is 0 Å². The van der Waals surface area contributed by atoms with Crippen molar-refractivity contribution in [2.45, 2.75) is 25.7 Å². The Morgan fingerprint density at radius 1 is 1.08 bits per heavy atom. The lowest BCUT2D eigenvalue weighted by molar-refractivity contribution is -0.143. The van der Waals surface area contributed by atoms with Crippen LogP contribution in [0.4, 0.5) is 0 Å². The lowest BCUT2D eigenvalue weighted by Gasteiger charge is -2.30. The number of hydrogen-bond acceptors (Lipinski definition) is 3. The number of carbonyl (C=O) groups excluding carboxylic acids is 2. The van der Waals surface area contributed by atoms with Crippen LogP contribution in [-0.2, 0) is 9.59 Å². The highest BCUT2D eigenvalue weighted by atomic mass is 32.1. The van der Waals surface area contributed by atoms with Gasteiger partial charge in [0.05, 0.1) is 0 Å². The molecule has 1 heterocycles. The van der Waals surface area contributed by atoms with Gasteiger partial charge in [0.1, 0.15) is 5.41 Å². The Balaban J connectivity index is 2.31. The molecule has 0 bridgehead atoms. The topological polar surface area (TPSA) is 58.2 Å². The Kier molecular flexibility index (Phi) is 1.83. The van der Waals surface area contributed by atoms with Crippen LogP contribution in [0.5, 0.6) is 0 Å². The van der Waals surface area contributed by atoms with E-state index in [2.05, 4.69) is 10.6 Å². The van der Waals surface area contributed by atoms with Crippen molar-refractivity contribution in [1.82, 2.24) is 10.6 Å². The van der Waals surface area contributed by atoms with E-state index in [1.165, 1.54) is 0 Å². The van der Waals surface area contributed by atoms with Crippen LogP contribution in [-0.4, -0.2) is 16.9 Å². The Labute approximate surface area is 81.1 Å². The highest BCUT2D eigenvalue weighted by Gasteiger charge is 2.50. The van der Waals surface area contributed by atoms with Gasteiger partial charge in [-0.15, -0.1) is 0 Å².